The second kappa shape index (κ2) is 9.44. The minimum Gasteiger partial charge on any atom is -0.503 e. The topological polar surface area (TPSA) is 38.7 Å². The number of rotatable bonds is 5. The van der Waals surface area contributed by atoms with Gasteiger partial charge >= 0.3 is 0 Å². The molecule has 2 aromatic carbocycles. The van der Waals surface area contributed by atoms with Gasteiger partial charge in [0.05, 0.1) is 13.2 Å². The Bertz CT molecular complexity index is 813. The lowest BCUT2D eigenvalue weighted by molar-refractivity contribution is -0.214. The van der Waals surface area contributed by atoms with Gasteiger partial charge in [-0.1, -0.05) is 56.9 Å². The number of hydrogen-bond acceptors (Lipinski definition) is 3. The Hall–Kier alpha value is -1.98. The van der Waals surface area contributed by atoms with Gasteiger partial charge in [0.2, 0.25) is 0 Å². The maximum absolute atomic E-state index is 13.6. The average molecular weight is 417 g/mol. The normalized spacial score (nSPS) is 27.2. The summed E-state index contributed by atoms with van der Waals surface area (Å²) in [6.45, 7) is 3.69. The first kappa shape index (κ1) is 21.3. The number of aromatic hydroxyl groups is 1. The number of phenolic OH excluding ortho intramolecular Hbond substituents is 1. The van der Waals surface area contributed by atoms with E-state index in [-0.39, 0.29) is 0 Å². The van der Waals surface area contributed by atoms with Gasteiger partial charge in [-0.15, -0.1) is 0 Å². The molecule has 1 aliphatic carbocycles. The van der Waals surface area contributed by atoms with Crippen molar-refractivity contribution in [3.05, 3.63) is 53.6 Å². The molecule has 1 saturated carbocycles. The molecule has 0 bridgehead atoms. The third kappa shape index (κ3) is 4.68. The van der Waals surface area contributed by atoms with Crippen molar-refractivity contribution in [2.75, 3.05) is 13.2 Å². The number of hydrogen-bond donors (Lipinski definition) is 1. The van der Waals surface area contributed by atoms with Crippen LogP contribution >= 0.6 is 0 Å². The lowest BCUT2D eigenvalue weighted by Gasteiger charge is -2.37. The van der Waals surface area contributed by atoms with Crippen LogP contribution in [0.5, 0.6) is 5.75 Å². The highest BCUT2D eigenvalue weighted by Gasteiger charge is 2.32. The lowest BCUT2D eigenvalue weighted by atomic mass is 9.75. The molecule has 4 rings (SSSR count). The fraction of sp³-hybridized carbons (Fsp3) is 0.520. The fourth-order valence-corrected chi connectivity index (χ4v) is 4.90. The van der Waals surface area contributed by atoms with E-state index in [2.05, 4.69) is 6.92 Å². The molecule has 0 unspecified atom stereocenters. The Balaban J connectivity index is 1.33. The summed E-state index contributed by atoms with van der Waals surface area (Å²) in [5.74, 6) is -0.830. The van der Waals surface area contributed by atoms with Crippen LogP contribution in [0.2, 0.25) is 0 Å². The van der Waals surface area contributed by atoms with Gasteiger partial charge < -0.3 is 14.6 Å². The van der Waals surface area contributed by atoms with Crippen molar-refractivity contribution in [3.63, 3.8) is 0 Å². The largest absolute Gasteiger partial charge is 0.503 e. The average Bonchev–Trinajstić information content (AvgIpc) is 2.78. The minimum absolute atomic E-state index is 0.374. The molecular formula is C25H30F2O3. The van der Waals surface area contributed by atoms with Crippen molar-refractivity contribution in [1.82, 2.24) is 0 Å². The molecule has 1 saturated heterocycles. The zero-order valence-electron chi connectivity index (χ0n) is 17.4. The second-order valence-corrected chi connectivity index (χ2v) is 8.74. The standard InChI is InChI=1S/C25H30F2O3/c1-2-3-16-4-6-18(7-5-16)21-14-29-25(30-15-21)19-10-8-17(9-11-19)20-12-22(26)24(28)23(27)13-20/h8-13,16,18,21,25,28H,2-7,14-15H2,1H3. The molecular weight excluding hydrogens is 386 g/mol. The summed E-state index contributed by atoms with van der Waals surface area (Å²) in [5.41, 5.74) is 1.93. The van der Waals surface area contributed by atoms with Crippen LogP contribution in [0.4, 0.5) is 8.78 Å². The predicted molar refractivity (Wildman–Crippen MR) is 112 cm³/mol. The molecule has 0 spiro atoms. The van der Waals surface area contributed by atoms with Crippen molar-refractivity contribution in [3.8, 4) is 16.9 Å². The molecule has 0 amide bonds. The molecule has 1 aliphatic heterocycles. The van der Waals surface area contributed by atoms with E-state index in [0.29, 0.717) is 36.2 Å². The van der Waals surface area contributed by atoms with Gasteiger partial charge in [-0.2, -0.15) is 0 Å². The number of benzene rings is 2. The molecule has 0 aromatic heterocycles. The molecule has 30 heavy (non-hydrogen) atoms. The molecule has 1 heterocycles. The van der Waals surface area contributed by atoms with Crippen LogP contribution in [0.15, 0.2) is 36.4 Å². The van der Waals surface area contributed by atoms with E-state index in [1.54, 1.807) is 12.1 Å². The highest BCUT2D eigenvalue weighted by molar-refractivity contribution is 5.65. The first-order valence-corrected chi connectivity index (χ1v) is 11.1. The van der Waals surface area contributed by atoms with Crippen molar-refractivity contribution >= 4 is 0 Å². The summed E-state index contributed by atoms with van der Waals surface area (Å²) in [6.07, 6.45) is 7.45. The summed E-state index contributed by atoms with van der Waals surface area (Å²) < 4.78 is 39.3. The first-order valence-electron chi connectivity index (χ1n) is 11.1. The van der Waals surface area contributed by atoms with Crippen LogP contribution < -0.4 is 0 Å². The zero-order valence-corrected chi connectivity index (χ0v) is 17.4. The quantitative estimate of drug-likeness (QED) is 0.596. The molecule has 2 aromatic rings. The van der Waals surface area contributed by atoms with Gasteiger partial charge in [-0.25, -0.2) is 8.78 Å². The Labute approximate surface area is 177 Å². The minimum atomic E-state index is -0.970. The van der Waals surface area contributed by atoms with Gasteiger partial charge in [0, 0.05) is 11.5 Å². The fourth-order valence-electron chi connectivity index (χ4n) is 4.90. The van der Waals surface area contributed by atoms with Crippen molar-refractivity contribution in [2.45, 2.75) is 51.7 Å². The van der Waals surface area contributed by atoms with E-state index in [1.807, 2.05) is 12.1 Å². The number of ether oxygens (including phenoxy) is 2. The molecule has 5 heteroatoms. The predicted octanol–water partition coefficient (Wildman–Crippen LogP) is 6.61. The molecule has 1 N–H and O–H groups in total. The van der Waals surface area contributed by atoms with Crippen molar-refractivity contribution < 1.29 is 23.4 Å². The van der Waals surface area contributed by atoms with Crippen LogP contribution in [0.3, 0.4) is 0 Å². The van der Waals surface area contributed by atoms with Gasteiger partial charge in [-0.05, 0) is 47.9 Å². The Morgan fingerprint density at radius 2 is 1.47 bits per heavy atom. The lowest BCUT2D eigenvalue weighted by Crippen LogP contribution is -2.34. The maximum Gasteiger partial charge on any atom is 0.187 e. The monoisotopic (exact) mass is 416 g/mol. The van der Waals surface area contributed by atoms with Gasteiger partial charge in [0.25, 0.3) is 0 Å². The third-order valence-corrected chi connectivity index (χ3v) is 6.71. The van der Waals surface area contributed by atoms with Gasteiger partial charge in [0.1, 0.15) is 0 Å². The third-order valence-electron chi connectivity index (χ3n) is 6.71. The summed E-state index contributed by atoms with van der Waals surface area (Å²) in [5, 5.41) is 9.26. The molecule has 0 radical (unpaired) electrons. The van der Waals surface area contributed by atoms with Crippen LogP contribution in [0.25, 0.3) is 11.1 Å². The highest BCUT2D eigenvalue weighted by Crippen LogP contribution is 2.38. The maximum atomic E-state index is 13.6. The Kier molecular flexibility index (Phi) is 6.69. The van der Waals surface area contributed by atoms with Crippen LogP contribution in [0, 0.1) is 29.4 Å². The summed E-state index contributed by atoms with van der Waals surface area (Å²) in [4.78, 5) is 0. The Morgan fingerprint density at radius 1 is 0.867 bits per heavy atom. The van der Waals surface area contributed by atoms with E-state index in [1.165, 1.54) is 38.5 Å². The SMILES string of the molecule is CCCC1CCC(C2COC(c3ccc(-c4cc(F)c(O)c(F)c4)cc3)OC2)CC1. The number of halogens is 2. The molecule has 2 fully saturated rings. The van der Waals surface area contributed by atoms with E-state index >= 15 is 0 Å². The van der Waals surface area contributed by atoms with Crippen LogP contribution in [-0.2, 0) is 9.47 Å². The van der Waals surface area contributed by atoms with E-state index in [0.717, 1.165) is 23.6 Å². The van der Waals surface area contributed by atoms with Crippen LogP contribution in [0.1, 0.15) is 57.3 Å². The molecule has 162 valence electrons. The van der Waals surface area contributed by atoms with E-state index < -0.39 is 23.7 Å². The molecule has 3 nitrogen and oxygen atoms in total. The highest BCUT2D eigenvalue weighted by atomic mass is 19.1. The van der Waals surface area contributed by atoms with E-state index in [9.17, 15) is 13.9 Å². The first-order chi connectivity index (χ1) is 14.5. The summed E-state index contributed by atoms with van der Waals surface area (Å²) in [7, 11) is 0. The second-order valence-electron chi connectivity index (χ2n) is 8.74. The van der Waals surface area contributed by atoms with Gasteiger partial charge in [0.15, 0.2) is 23.7 Å². The van der Waals surface area contributed by atoms with Crippen LogP contribution in [-0.4, -0.2) is 18.3 Å². The van der Waals surface area contributed by atoms with Crippen molar-refractivity contribution in [2.24, 2.45) is 17.8 Å². The summed E-state index contributed by atoms with van der Waals surface area (Å²) >= 11 is 0. The zero-order chi connectivity index (χ0) is 21.1. The molecule has 0 atom stereocenters. The van der Waals surface area contributed by atoms with Gasteiger partial charge in [-0.3, -0.25) is 0 Å². The molecule has 2 aliphatic rings. The number of phenols is 1. The smallest absolute Gasteiger partial charge is 0.187 e. The Morgan fingerprint density at radius 3 is 2.03 bits per heavy atom. The van der Waals surface area contributed by atoms with E-state index in [4.69, 9.17) is 9.47 Å². The summed E-state index contributed by atoms with van der Waals surface area (Å²) in [6, 6.07) is 9.54. The van der Waals surface area contributed by atoms with Crippen molar-refractivity contribution in [1.29, 1.82) is 0 Å².